The second-order valence-electron chi connectivity index (χ2n) is 17.1. The first-order valence-electron chi connectivity index (χ1n) is 25.0. The molecule has 1 fully saturated rings. The molecule has 1 aliphatic rings. The average Bonchev–Trinajstić information content (AvgIpc) is 3.27. The van der Waals surface area contributed by atoms with Crippen LogP contribution in [-0.2, 0) is 38.7 Å². The molecule has 0 radical (unpaired) electrons. The maximum absolute atomic E-state index is 12.9. The first-order valence-corrected chi connectivity index (χ1v) is 26.6. The Hall–Kier alpha value is -2.91. The summed E-state index contributed by atoms with van der Waals surface area (Å²) in [6, 6.07) is 0. The lowest BCUT2D eigenvalue weighted by Gasteiger charge is -2.40. The zero-order valence-corrected chi connectivity index (χ0v) is 40.9. The van der Waals surface area contributed by atoms with Crippen LogP contribution in [0.1, 0.15) is 187 Å². The zero-order chi connectivity index (χ0) is 47.6. The van der Waals surface area contributed by atoms with Crippen molar-refractivity contribution in [2.24, 2.45) is 0 Å². The van der Waals surface area contributed by atoms with E-state index >= 15 is 0 Å². The van der Waals surface area contributed by atoms with Crippen molar-refractivity contribution in [3.8, 4) is 0 Å². The fourth-order valence-electron chi connectivity index (χ4n) is 7.15. The Labute approximate surface area is 393 Å². The second kappa shape index (κ2) is 41.3. The normalized spacial score (nSPS) is 20.1. The molecule has 0 saturated carbocycles. The minimum Gasteiger partial charge on any atom is -0.462 e. The lowest BCUT2D eigenvalue weighted by Crippen LogP contribution is -2.60. The van der Waals surface area contributed by atoms with E-state index in [1.807, 2.05) is 0 Å². The van der Waals surface area contributed by atoms with E-state index in [4.69, 9.17) is 18.9 Å². The zero-order valence-electron chi connectivity index (χ0n) is 40.1. The molecule has 1 saturated heterocycles. The van der Waals surface area contributed by atoms with Gasteiger partial charge in [-0.15, -0.1) is 0 Å². The first-order chi connectivity index (χ1) is 31.5. The van der Waals surface area contributed by atoms with E-state index < -0.39 is 71.2 Å². The molecule has 0 aromatic carbocycles. The highest BCUT2D eigenvalue weighted by Crippen LogP contribution is 2.24. The fourth-order valence-corrected chi connectivity index (χ4v) is 7.85. The number of esters is 2. The number of carbonyl (C=O) groups excluding carboxylic acids is 2. The van der Waals surface area contributed by atoms with Crippen molar-refractivity contribution >= 4 is 22.1 Å². The number of aliphatic hydroxyl groups is 3. The third-order valence-corrected chi connectivity index (χ3v) is 11.8. The highest BCUT2D eigenvalue weighted by Gasteiger charge is 2.46. The molecular formula is C52H88O12S. The molecule has 6 unspecified atom stereocenters. The molecule has 0 aromatic heterocycles. The van der Waals surface area contributed by atoms with Crippen LogP contribution in [0.2, 0.25) is 0 Å². The van der Waals surface area contributed by atoms with Gasteiger partial charge in [-0.25, -0.2) is 0 Å². The number of carbonyl (C=O) groups is 2. The summed E-state index contributed by atoms with van der Waals surface area (Å²) in [5, 5.41) is 31.0. The maximum Gasteiger partial charge on any atom is 0.306 e. The number of ether oxygens (including phenoxy) is 4. The van der Waals surface area contributed by atoms with Gasteiger partial charge in [0.1, 0.15) is 36.8 Å². The standard InChI is InChI=1S/C52H88O12S/c1-3-5-7-9-11-13-15-17-19-20-21-22-23-24-25-26-27-29-31-33-35-37-39-41-48(54)63-45(43-62-52-51(57)50(56)49(55)46(64-52)44-65(58,59)60)42-61-47(53)40-38-36-34-32-30-28-18-16-14-12-10-8-6-4-2/h5,7,10-13,16-19,21-22,45-46,49-52,55-57H,3-4,6,8-9,14-15,20,23-44H2,1-2H3,(H,58,59,60)/b7-5-,12-10-,13-11-,18-16-,19-17-,22-21-. The number of hydrogen-bond donors (Lipinski definition) is 4. The molecular weight excluding hydrogens is 849 g/mol. The maximum atomic E-state index is 12.9. The molecule has 374 valence electrons. The predicted molar refractivity (Wildman–Crippen MR) is 261 cm³/mol. The quantitative estimate of drug-likeness (QED) is 0.0197. The highest BCUT2D eigenvalue weighted by atomic mass is 32.2. The molecule has 65 heavy (non-hydrogen) atoms. The molecule has 1 rings (SSSR count). The molecule has 0 aromatic rings. The Kier molecular flexibility index (Phi) is 38.2. The van der Waals surface area contributed by atoms with Gasteiger partial charge < -0.3 is 34.3 Å². The van der Waals surface area contributed by atoms with Gasteiger partial charge in [-0.1, -0.05) is 170 Å². The molecule has 1 heterocycles. The van der Waals surface area contributed by atoms with Gasteiger partial charge >= 0.3 is 11.9 Å². The van der Waals surface area contributed by atoms with Gasteiger partial charge in [0.25, 0.3) is 10.1 Å². The van der Waals surface area contributed by atoms with Crippen molar-refractivity contribution in [1.29, 1.82) is 0 Å². The lowest BCUT2D eigenvalue weighted by molar-refractivity contribution is -0.297. The van der Waals surface area contributed by atoms with Gasteiger partial charge in [0, 0.05) is 12.8 Å². The third kappa shape index (κ3) is 35.9. The molecule has 4 N–H and O–H groups in total. The number of rotatable bonds is 41. The summed E-state index contributed by atoms with van der Waals surface area (Å²) in [7, 11) is -4.61. The molecule has 0 bridgehead atoms. The minimum absolute atomic E-state index is 0.152. The van der Waals surface area contributed by atoms with E-state index in [2.05, 4.69) is 86.8 Å². The van der Waals surface area contributed by atoms with Gasteiger partial charge in [-0.3, -0.25) is 14.1 Å². The van der Waals surface area contributed by atoms with Crippen molar-refractivity contribution in [2.75, 3.05) is 19.0 Å². The van der Waals surface area contributed by atoms with E-state index in [1.165, 1.54) is 44.9 Å². The summed E-state index contributed by atoms with van der Waals surface area (Å²) in [6.45, 7) is 3.60. The molecule has 12 nitrogen and oxygen atoms in total. The highest BCUT2D eigenvalue weighted by molar-refractivity contribution is 7.85. The summed E-state index contributed by atoms with van der Waals surface area (Å²) in [4.78, 5) is 25.5. The molecule has 1 aliphatic heterocycles. The van der Waals surface area contributed by atoms with Gasteiger partial charge in [0.15, 0.2) is 12.4 Å². The Morgan fingerprint density at radius 2 is 0.969 bits per heavy atom. The summed E-state index contributed by atoms with van der Waals surface area (Å²) < 4.78 is 54.2. The number of hydrogen-bond acceptors (Lipinski definition) is 11. The van der Waals surface area contributed by atoms with Crippen LogP contribution >= 0.6 is 0 Å². The second-order valence-corrected chi connectivity index (χ2v) is 18.6. The van der Waals surface area contributed by atoms with Crippen molar-refractivity contribution < 1.29 is 56.8 Å². The first kappa shape index (κ1) is 60.1. The molecule has 0 amide bonds. The van der Waals surface area contributed by atoms with Crippen LogP contribution in [0, 0.1) is 0 Å². The van der Waals surface area contributed by atoms with Crippen molar-refractivity contribution in [2.45, 2.75) is 224 Å². The van der Waals surface area contributed by atoms with Crippen LogP contribution < -0.4 is 0 Å². The van der Waals surface area contributed by atoms with E-state index in [9.17, 15) is 37.9 Å². The molecule has 13 heteroatoms. The summed E-state index contributed by atoms with van der Waals surface area (Å²) in [5.74, 6) is -2.01. The van der Waals surface area contributed by atoms with Crippen LogP contribution in [0.4, 0.5) is 0 Å². The third-order valence-electron chi connectivity index (χ3n) is 11.0. The number of unbranched alkanes of at least 4 members (excludes halogenated alkanes) is 17. The fraction of sp³-hybridized carbons (Fsp3) is 0.731. The SMILES string of the molecule is CC/C=C\C/C=C\C/C=C\C/C=C\CCCCCCCCCCCCC(=O)OC(COC(=O)CCCCCCC/C=C\C/C=C\CCCC)COC1OC(CS(=O)(=O)O)C(O)C(O)C1O. The van der Waals surface area contributed by atoms with Gasteiger partial charge in [-0.05, 0) is 77.0 Å². The van der Waals surface area contributed by atoms with Crippen molar-refractivity contribution in [1.82, 2.24) is 0 Å². The van der Waals surface area contributed by atoms with E-state index in [0.29, 0.717) is 12.8 Å². The van der Waals surface area contributed by atoms with Crippen LogP contribution in [0.3, 0.4) is 0 Å². The number of aliphatic hydroxyl groups excluding tert-OH is 3. The van der Waals surface area contributed by atoms with E-state index in [0.717, 1.165) is 103 Å². The number of allylic oxidation sites excluding steroid dienone is 12. The average molecular weight is 937 g/mol. The van der Waals surface area contributed by atoms with Crippen LogP contribution in [-0.4, -0.2) is 96.0 Å². The topological polar surface area (TPSA) is 186 Å². The summed E-state index contributed by atoms with van der Waals surface area (Å²) >= 11 is 0. The van der Waals surface area contributed by atoms with E-state index in [1.54, 1.807) is 0 Å². The van der Waals surface area contributed by atoms with Gasteiger partial charge in [-0.2, -0.15) is 8.42 Å². The minimum atomic E-state index is -4.61. The Morgan fingerprint density at radius 3 is 1.45 bits per heavy atom. The monoisotopic (exact) mass is 937 g/mol. The van der Waals surface area contributed by atoms with E-state index in [-0.39, 0.29) is 19.4 Å². The van der Waals surface area contributed by atoms with Gasteiger partial charge in [0.2, 0.25) is 0 Å². The lowest BCUT2D eigenvalue weighted by atomic mass is 10.00. The largest absolute Gasteiger partial charge is 0.462 e. The van der Waals surface area contributed by atoms with Crippen LogP contribution in [0.5, 0.6) is 0 Å². The van der Waals surface area contributed by atoms with Crippen molar-refractivity contribution in [3.63, 3.8) is 0 Å². The van der Waals surface area contributed by atoms with Gasteiger partial charge in [0.05, 0.1) is 6.61 Å². The Balaban J connectivity index is 2.38. The Morgan fingerprint density at radius 1 is 0.538 bits per heavy atom. The molecule has 6 atom stereocenters. The summed E-state index contributed by atoms with van der Waals surface area (Å²) in [5.41, 5.74) is 0. The Bertz CT molecular complexity index is 1470. The van der Waals surface area contributed by atoms with Crippen LogP contribution in [0.25, 0.3) is 0 Å². The smallest absolute Gasteiger partial charge is 0.306 e. The molecule has 0 spiro atoms. The van der Waals surface area contributed by atoms with Crippen LogP contribution in [0.15, 0.2) is 72.9 Å². The summed E-state index contributed by atoms with van der Waals surface area (Å²) in [6.07, 6.45) is 43.7. The predicted octanol–water partition coefficient (Wildman–Crippen LogP) is 11.1. The molecule has 0 aliphatic carbocycles. The van der Waals surface area contributed by atoms with Crippen molar-refractivity contribution in [3.05, 3.63) is 72.9 Å².